The molecule has 3 aromatic heterocycles. The van der Waals surface area contributed by atoms with Crippen molar-refractivity contribution in [2.24, 2.45) is 0 Å². The summed E-state index contributed by atoms with van der Waals surface area (Å²) in [6, 6.07) is 9.63. The SMILES string of the molecule is CSc1nccc(-n2cnc3cc(-c4ccnc(Cl)n4)ccc32)n1. The zero-order chi connectivity index (χ0) is 16.5. The van der Waals surface area contributed by atoms with Gasteiger partial charge in [-0.1, -0.05) is 17.8 Å². The van der Waals surface area contributed by atoms with Crippen LogP contribution in [0.2, 0.25) is 5.28 Å². The maximum atomic E-state index is 5.87. The van der Waals surface area contributed by atoms with Gasteiger partial charge in [0.1, 0.15) is 12.1 Å². The zero-order valence-electron chi connectivity index (χ0n) is 12.6. The molecule has 6 nitrogen and oxygen atoms in total. The first-order chi connectivity index (χ1) is 11.7. The number of hydrogen-bond donors (Lipinski definition) is 0. The highest BCUT2D eigenvalue weighted by Gasteiger charge is 2.09. The quantitative estimate of drug-likeness (QED) is 0.413. The minimum atomic E-state index is 0.226. The monoisotopic (exact) mass is 354 g/mol. The largest absolute Gasteiger partial charge is 0.283 e. The fourth-order valence-electron chi connectivity index (χ4n) is 2.41. The Balaban J connectivity index is 1.81. The van der Waals surface area contributed by atoms with Crippen LogP contribution in [0.5, 0.6) is 0 Å². The van der Waals surface area contributed by atoms with Crippen LogP contribution in [0.1, 0.15) is 0 Å². The van der Waals surface area contributed by atoms with Crippen molar-refractivity contribution in [1.29, 1.82) is 0 Å². The first kappa shape index (κ1) is 15.0. The van der Waals surface area contributed by atoms with Crippen LogP contribution >= 0.6 is 23.4 Å². The van der Waals surface area contributed by atoms with E-state index in [-0.39, 0.29) is 5.28 Å². The molecule has 118 valence electrons. The highest BCUT2D eigenvalue weighted by Crippen LogP contribution is 2.24. The van der Waals surface area contributed by atoms with E-state index in [9.17, 15) is 0 Å². The normalized spacial score (nSPS) is 11.1. The Labute approximate surface area is 147 Å². The van der Waals surface area contributed by atoms with Crippen molar-refractivity contribution >= 4 is 34.4 Å². The van der Waals surface area contributed by atoms with Crippen LogP contribution in [0, 0.1) is 0 Å². The van der Waals surface area contributed by atoms with Gasteiger partial charge in [-0.3, -0.25) is 4.57 Å². The molecule has 3 heterocycles. The summed E-state index contributed by atoms with van der Waals surface area (Å²) in [7, 11) is 0. The number of benzene rings is 1. The fourth-order valence-corrected chi connectivity index (χ4v) is 2.91. The molecule has 0 radical (unpaired) electrons. The van der Waals surface area contributed by atoms with Gasteiger partial charge >= 0.3 is 0 Å². The van der Waals surface area contributed by atoms with Crippen molar-refractivity contribution in [3.63, 3.8) is 0 Å². The Morgan fingerprint density at radius 1 is 1.00 bits per heavy atom. The molecule has 4 aromatic rings. The molecule has 0 unspecified atom stereocenters. The van der Waals surface area contributed by atoms with Gasteiger partial charge in [-0.2, -0.15) is 0 Å². The van der Waals surface area contributed by atoms with Crippen molar-refractivity contribution in [2.45, 2.75) is 5.16 Å². The molecular formula is C16H11ClN6S. The van der Waals surface area contributed by atoms with E-state index in [0.717, 1.165) is 33.3 Å². The second kappa shape index (κ2) is 6.18. The standard InChI is InChI=1S/C16H11ClN6S/c1-24-16-19-7-5-14(22-16)23-9-20-12-8-10(2-3-13(12)23)11-4-6-18-15(17)21-11/h2-9H,1H3. The Hall–Kier alpha value is -2.51. The van der Waals surface area contributed by atoms with Crippen LogP contribution in [0.4, 0.5) is 0 Å². The number of thioether (sulfide) groups is 1. The second-order valence-corrected chi connectivity index (χ2v) is 6.04. The molecule has 0 saturated heterocycles. The van der Waals surface area contributed by atoms with Crippen molar-refractivity contribution in [3.05, 3.63) is 54.3 Å². The summed E-state index contributed by atoms with van der Waals surface area (Å²) in [6.45, 7) is 0. The van der Waals surface area contributed by atoms with Gasteiger partial charge in [0.2, 0.25) is 5.28 Å². The van der Waals surface area contributed by atoms with Gasteiger partial charge < -0.3 is 0 Å². The molecular weight excluding hydrogens is 344 g/mol. The topological polar surface area (TPSA) is 69.4 Å². The highest BCUT2D eigenvalue weighted by atomic mass is 35.5. The lowest BCUT2D eigenvalue weighted by molar-refractivity contribution is 0.902. The van der Waals surface area contributed by atoms with E-state index in [0.29, 0.717) is 0 Å². The Kier molecular flexibility index (Phi) is 3.87. The molecule has 1 aromatic carbocycles. The minimum absolute atomic E-state index is 0.226. The van der Waals surface area contributed by atoms with Gasteiger partial charge in [0.15, 0.2) is 5.16 Å². The lowest BCUT2D eigenvalue weighted by atomic mass is 10.1. The molecule has 4 rings (SSSR count). The maximum absolute atomic E-state index is 5.87. The average molecular weight is 355 g/mol. The highest BCUT2D eigenvalue weighted by molar-refractivity contribution is 7.98. The molecule has 0 aliphatic carbocycles. The van der Waals surface area contributed by atoms with Crippen LogP contribution in [0.15, 0.2) is 54.2 Å². The van der Waals surface area contributed by atoms with E-state index in [1.54, 1.807) is 18.7 Å². The third kappa shape index (κ3) is 2.72. The maximum Gasteiger partial charge on any atom is 0.222 e. The fraction of sp³-hybridized carbons (Fsp3) is 0.0625. The molecule has 8 heteroatoms. The van der Waals surface area contributed by atoms with E-state index in [2.05, 4.69) is 24.9 Å². The molecule has 0 amide bonds. The first-order valence-corrected chi connectivity index (χ1v) is 8.68. The van der Waals surface area contributed by atoms with E-state index in [4.69, 9.17) is 11.6 Å². The van der Waals surface area contributed by atoms with E-state index >= 15 is 0 Å². The van der Waals surface area contributed by atoms with Crippen LogP contribution in [0.25, 0.3) is 28.1 Å². The van der Waals surface area contributed by atoms with Crippen molar-refractivity contribution < 1.29 is 0 Å². The lowest BCUT2D eigenvalue weighted by Crippen LogP contribution is -1.98. The summed E-state index contributed by atoms with van der Waals surface area (Å²) < 4.78 is 1.94. The Morgan fingerprint density at radius 3 is 2.71 bits per heavy atom. The van der Waals surface area contributed by atoms with Gasteiger partial charge in [-0.05, 0) is 42.1 Å². The van der Waals surface area contributed by atoms with E-state index < -0.39 is 0 Å². The summed E-state index contributed by atoms with van der Waals surface area (Å²) in [5, 5.41) is 0.949. The predicted molar refractivity (Wildman–Crippen MR) is 94.5 cm³/mol. The van der Waals surface area contributed by atoms with Gasteiger partial charge in [-0.15, -0.1) is 0 Å². The lowest BCUT2D eigenvalue weighted by Gasteiger charge is -2.05. The molecule has 0 aliphatic heterocycles. The van der Waals surface area contributed by atoms with Crippen molar-refractivity contribution in [2.75, 3.05) is 6.26 Å². The number of rotatable bonds is 3. The van der Waals surface area contributed by atoms with Crippen molar-refractivity contribution in [1.82, 2.24) is 29.5 Å². The summed E-state index contributed by atoms with van der Waals surface area (Å²) >= 11 is 7.37. The molecule has 0 saturated carbocycles. The Bertz CT molecular complexity index is 1030. The van der Waals surface area contributed by atoms with Crippen LogP contribution < -0.4 is 0 Å². The number of halogens is 1. The second-order valence-electron chi connectivity index (χ2n) is 4.93. The summed E-state index contributed by atoms with van der Waals surface area (Å²) in [4.78, 5) is 21.3. The van der Waals surface area contributed by atoms with Gasteiger partial charge in [0, 0.05) is 18.0 Å². The van der Waals surface area contributed by atoms with Gasteiger partial charge in [0.25, 0.3) is 0 Å². The summed E-state index contributed by atoms with van der Waals surface area (Å²) in [6.07, 6.45) is 7.09. The smallest absolute Gasteiger partial charge is 0.222 e. The Morgan fingerprint density at radius 2 is 1.88 bits per heavy atom. The van der Waals surface area contributed by atoms with Gasteiger partial charge in [-0.25, -0.2) is 24.9 Å². The average Bonchev–Trinajstić information content (AvgIpc) is 3.05. The predicted octanol–water partition coefficient (Wildman–Crippen LogP) is 3.65. The third-order valence-electron chi connectivity index (χ3n) is 3.52. The molecule has 0 aliphatic rings. The first-order valence-electron chi connectivity index (χ1n) is 7.08. The molecule has 0 bridgehead atoms. The molecule has 24 heavy (non-hydrogen) atoms. The van der Waals surface area contributed by atoms with Crippen LogP contribution in [-0.2, 0) is 0 Å². The number of hydrogen-bond acceptors (Lipinski definition) is 6. The molecule has 0 spiro atoms. The third-order valence-corrected chi connectivity index (χ3v) is 4.26. The number of nitrogens with zero attached hydrogens (tertiary/aromatic N) is 6. The molecule has 0 atom stereocenters. The van der Waals surface area contributed by atoms with Crippen molar-refractivity contribution in [3.8, 4) is 17.1 Å². The zero-order valence-corrected chi connectivity index (χ0v) is 14.2. The number of aromatic nitrogens is 6. The van der Waals surface area contributed by atoms with Crippen LogP contribution in [0.3, 0.4) is 0 Å². The minimum Gasteiger partial charge on any atom is -0.283 e. The molecule has 0 fully saturated rings. The number of fused-ring (bicyclic) bond motifs is 1. The number of imidazole rings is 1. The van der Waals surface area contributed by atoms with E-state index in [1.807, 2.05) is 41.2 Å². The van der Waals surface area contributed by atoms with Gasteiger partial charge in [0.05, 0.1) is 16.7 Å². The van der Waals surface area contributed by atoms with Crippen LogP contribution in [-0.4, -0.2) is 35.7 Å². The molecule has 0 N–H and O–H groups in total. The summed E-state index contributed by atoms with van der Waals surface area (Å²) in [5.41, 5.74) is 3.51. The summed E-state index contributed by atoms with van der Waals surface area (Å²) in [5.74, 6) is 0.787. The van der Waals surface area contributed by atoms with E-state index in [1.165, 1.54) is 11.8 Å².